The average molecular weight is 834 g/mol. The van der Waals surface area contributed by atoms with Crippen LogP contribution in [0.25, 0.3) is 21.8 Å². The van der Waals surface area contributed by atoms with Crippen LogP contribution in [0.5, 0.6) is 0 Å². The summed E-state index contributed by atoms with van der Waals surface area (Å²) in [4.78, 5) is 62.8. The van der Waals surface area contributed by atoms with Crippen molar-refractivity contribution in [3.05, 3.63) is 146 Å². The van der Waals surface area contributed by atoms with Crippen LogP contribution in [0, 0.1) is 0 Å². The van der Waals surface area contributed by atoms with Gasteiger partial charge in [0.05, 0.1) is 84.9 Å². The van der Waals surface area contributed by atoms with E-state index in [0.717, 1.165) is 21.9 Å². The molecule has 6 aromatic rings. The summed E-state index contributed by atoms with van der Waals surface area (Å²) in [6.07, 6.45) is 0.566. The van der Waals surface area contributed by atoms with Crippen molar-refractivity contribution < 1.29 is 19.2 Å². The molecule has 0 aliphatic heterocycles. The van der Waals surface area contributed by atoms with Gasteiger partial charge in [-0.2, -0.15) is 0 Å². The lowest BCUT2D eigenvalue weighted by Crippen LogP contribution is -2.14. The van der Waals surface area contributed by atoms with Crippen LogP contribution >= 0.6 is 92.8 Å². The fraction of sp³-hybridized carbons (Fsp3) is 0.0811. The molecule has 2 aliphatic rings. The number of benzene rings is 4. The summed E-state index contributed by atoms with van der Waals surface area (Å²) < 4.78 is 0. The molecule has 0 atom stereocenters. The van der Waals surface area contributed by atoms with Gasteiger partial charge in [0, 0.05) is 10.8 Å². The van der Waals surface area contributed by atoms with Crippen molar-refractivity contribution in [1.82, 2.24) is 9.97 Å². The largest absolute Gasteiger partial charge is 0.293 e. The van der Waals surface area contributed by atoms with Gasteiger partial charge >= 0.3 is 0 Å². The summed E-state index contributed by atoms with van der Waals surface area (Å²) >= 11 is 49.9. The first-order valence-corrected chi connectivity index (χ1v) is 18.0. The molecule has 14 heteroatoms. The monoisotopic (exact) mass is 830 g/mol. The molecule has 0 unspecified atom stereocenters. The van der Waals surface area contributed by atoms with Crippen LogP contribution in [0.2, 0.25) is 40.2 Å². The molecular weight excluding hydrogens is 820 g/mol. The third-order valence-corrected chi connectivity index (χ3v) is 12.7. The zero-order chi connectivity index (χ0) is 36.2. The number of hydrogen-bond acceptors (Lipinski definition) is 6. The zero-order valence-electron chi connectivity index (χ0n) is 25.2. The van der Waals surface area contributed by atoms with Crippen LogP contribution < -0.4 is 0 Å². The second-order valence-electron chi connectivity index (χ2n) is 12.0. The van der Waals surface area contributed by atoms with Gasteiger partial charge in [-0.15, -0.1) is 0 Å². The van der Waals surface area contributed by atoms with E-state index in [0.29, 0.717) is 17.5 Å². The van der Waals surface area contributed by atoms with Crippen LogP contribution in [0.1, 0.15) is 75.8 Å². The Kier molecular flexibility index (Phi) is 8.64. The van der Waals surface area contributed by atoms with Crippen LogP contribution in [-0.2, 0) is 6.42 Å². The number of carbonyl (C=O) groups excluding carboxylic acids is 4. The molecule has 0 spiro atoms. The smallest absolute Gasteiger partial charge is 0.182 e. The van der Waals surface area contributed by atoms with Crippen LogP contribution in [-0.4, -0.2) is 33.1 Å². The summed E-state index contributed by atoms with van der Waals surface area (Å²) in [5.74, 6) is -4.63. The van der Waals surface area contributed by atoms with Crippen molar-refractivity contribution in [2.24, 2.45) is 0 Å². The van der Waals surface area contributed by atoms with Crippen molar-refractivity contribution in [2.45, 2.75) is 18.3 Å². The van der Waals surface area contributed by atoms with Crippen molar-refractivity contribution in [3.63, 3.8) is 0 Å². The quantitative estimate of drug-likeness (QED) is 0.0997. The number of nitrogens with zero attached hydrogens (tertiary/aromatic N) is 2. The normalized spacial score (nSPS) is 14.7. The highest BCUT2D eigenvalue weighted by Gasteiger charge is 2.46. The molecule has 2 aromatic heterocycles. The minimum atomic E-state index is -1.23. The third kappa shape index (κ3) is 5.30. The first-order valence-electron chi connectivity index (χ1n) is 15.0. The number of hydrogen-bond donors (Lipinski definition) is 0. The summed E-state index contributed by atoms with van der Waals surface area (Å²) in [6, 6.07) is 18.3. The predicted molar refractivity (Wildman–Crippen MR) is 202 cm³/mol. The lowest BCUT2D eigenvalue weighted by molar-refractivity contribution is 0.0872. The number of ketones is 4. The molecule has 0 saturated carbocycles. The topological polar surface area (TPSA) is 94.1 Å². The van der Waals surface area contributed by atoms with E-state index in [2.05, 4.69) is 9.97 Å². The van der Waals surface area contributed by atoms with E-state index in [1.807, 2.05) is 36.4 Å². The zero-order valence-corrected chi connectivity index (χ0v) is 31.2. The van der Waals surface area contributed by atoms with E-state index < -0.39 is 35.0 Å². The molecule has 0 bridgehead atoms. The summed E-state index contributed by atoms with van der Waals surface area (Å²) in [5, 5.41) is 0.777. The molecule has 8 rings (SSSR count). The first kappa shape index (κ1) is 34.8. The molecule has 0 N–H and O–H groups in total. The summed E-state index contributed by atoms with van der Waals surface area (Å²) in [6.45, 7) is 0. The van der Waals surface area contributed by atoms with E-state index in [9.17, 15) is 19.2 Å². The lowest BCUT2D eigenvalue weighted by atomic mass is 9.96. The minimum absolute atomic E-state index is 0.0539. The van der Waals surface area contributed by atoms with Crippen molar-refractivity contribution in [1.29, 1.82) is 0 Å². The number of halogens is 8. The van der Waals surface area contributed by atoms with Crippen LogP contribution in [0.15, 0.2) is 60.7 Å². The molecule has 0 fully saturated rings. The Hall–Kier alpha value is -3.30. The molecule has 51 heavy (non-hydrogen) atoms. The maximum Gasteiger partial charge on any atom is 0.182 e. The Balaban J connectivity index is 1.04. The number of carbonyl (C=O) groups is 4. The second kappa shape index (κ2) is 12.7. The highest BCUT2D eigenvalue weighted by atomic mass is 35.5. The molecular formula is C37H14Cl8N2O4. The Labute approximate surface area is 328 Å². The van der Waals surface area contributed by atoms with Crippen LogP contribution in [0.4, 0.5) is 0 Å². The SMILES string of the molecule is O=C1c2c(Cl)c(Cl)c(Cl)c(Cl)c2C(=O)C1c1ccc2cc(Cc3ccc4nc(C5C(=O)c6c(Cl)c(Cl)c(Cl)c(Cl)c6C5=O)ccc4c3)ccc2n1. The molecule has 0 saturated heterocycles. The highest BCUT2D eigenvalue weighted by molar-refractivity contribution is 6.57. The van der Waals surface area contributed by atoms with Gasteiger partial charge in [0.15, 0.2) is 23.1 Å². The number of rotatable bonds is 4. The van der Waals surface area contributed by atoms with Gasteiger partial charge in [0.25, 0.3) is 0 Å². The van der Waals surface area contributed by atoms with Gasteiger partial charge in [-0.1, -0.05) is 117 Å². The molecule has 252 valence electrons. The van der Waals surface area contributed by atoms with E-state index in [1.54, 1.807) is 24.3 Å². The number of Topliss-reactive ketones (excluding diaryl/α,β-unsaturated/α-hetero) is 4. The van der Waals surface area contributed by atoms with E-state index in [4.69, 9.17) is 92.8 Å². The first-order chi connectivity index (χ1) is 24.3. The standard InChI is InChI=1S/C37H14Cl8N2O4/c38-26-22-23(27(39)31(43)30(26)42)35(49)20(34(22)48)18-7-3-14-10-12(1-5-16(14)46-18)9-13-2-6-17-15(11-13)4-8-19(47-17)21-36(50)24-25(37(21)51)29(41)33(45)32(44)28(24)40/h1-8,10-11,20-21H,9H2. The minimum Gasteiger partial charge on any atom is -0.293 e. The number of fused-ring (bicyclic) bond motifs is 4. The van der Waals surface area contributed by atoms with E-state index >= 15 is 0 Å². The van der Waals surface area contributed by atoms with E-state index in [-0.39, 0.29) is 73.8 Å². The molecule has 4 aromatic carbocycles. The van der Waals surface area contributed by atoms with Crippen molar-refractivity contribution in [3.8, 4) is 0 Å². The van der Waals surface area contributed by atoms with Gasteiger partial charge in [0.1, 0.15) is 11.8 Å². The summed E-state index contributed by atoms with van der Waals surface area (Å²) in [5.41, 5.74) is 3.43. The van der Waals surface area contributed by atoms with Crippen LogP contribution in [0.3, 0.4) is 0 Å². The molecule has 0 amide bonds. The molecule has 0 radical (unpaired) electrons. The van der Waals surface area contributed by atoms with E-state index in [1.165, 1.54) is 0 Å². The highest BCUT2D eigenvalue weighted by Crippen LogP contribution is 2.49. The number of pyridine rings is 2. The lowest BCUT2D eigenvalue weighted by Gasteiger charge is -2.10. The summed E-state index contributed by atoms with van der Waals surface area (Å²) in [7, 11) is 0. The molecule has 2 aliphatic carbocycles. The molecule has 2 heterocycles. The Morgan fingerprint density at radius 2 is 0.725 bits per heavy atom. The maximum absolute atomic E-state index is 13.4. The van der Waals surface area contributed by atoms with Crippen molar-refractivity contribution in [2.75, 3.05) is 0 Å². The number of aromatic nitrogens is 2. The van der Waals surface area contributed by atoms with Gasteiger partial charge < -0.3 is 0 Å². The third-order valence-electron chi connectivity index (χ3n) is 9.12. The fourth-order valence-corrected chi connectivity index (χ4v) is 8.78. The Morgan fingerprint density at radius 3 is 1.04 bits per heavy atom. The Bertz CT molecular complexity index is 2380. The van der Waals surface area contributed by atoms with Gasteiger partial charge in [0.2, 0.25) is 0 Å². The molecule has 6 nitrogen and oxygen atoms in total. The Morgan fingerprint density at radius 1 is 0.412 bits per heavy atom. The second-order valence-corrected chi connectivity index (χ2v) is 15.1. The van der Waals surface area contributed by atoms with Crippen molar-refractivity contribution >= 4 is 138 Å². The average Bonchev–Trinajstić information content (AvgIpc) is 3.54. The fourth-order valence-electron chi connectivity index (χ4n) is 6.70. The van der Waals surface area contributed by atoms with Gasteiger partial charge in [-0.05, 0) is 53.9 Å². The predicted octanol–water partition coefficient (Wildman–Crippen LogP) is 11.9. The maximum atomic E-state index is 13.4. The van der Waals surface area contributed by atoms with Gasteiger partial charge in [-0.3, -0.25) is 29.1 Å². The van der Waals surface area contributed by atoms with Gasteiger partial charge in [-0.25, -0.2) is 0 Å².